The fraction of sp³-hybridized carbons (Fsp3) is 0.286. The fourth-order valence-corrected chi connectivity index (χ4v) is 4.62. The Bertz CT molecular complexity index is 994. The molecule has 0 atom stereocenters. The molecule has 1 aliphatic rings. The molecule has 1 N–H and O–H groups in total. The molecule has 0 bridgehead atoms. The molecule has 0 aromatic heterocycles. The van der Waals surface area contributed by atoms with Gasteiger partial charge in [0.1, 0.15) is 0 Å². The molecule has 7 nitrogen and oxygen atoms in total. The van der Waals surface area contributed by atoms with Crippen molar-refractivity contribution in [3.8, 4) is 11.5 Å². The molecular weight excluding hydrogens is 392 g/mol. The van der Waals surface area contributed by atoms with Gasteiger partial charge in [0.05, 0.1) is 19.1 Å². The topological polar surface area (TPSA) is 84.9 Å². The number of methoxy groups -OCH3 is 2. The lowest BCUT2D eigenvalue weighted by atomic mass is 10.2. The minimum atomic E-state index is -3.46. The molecule has 0 spiro atoms. The number of amides is 1. The van der Waals surface area contributed by atoms with Gasteiger partial charge in [-0.25, -0.2) is 8.42 Å². The summed E-state index contributed by atoms with van der Waals surface area (Å²) in [6.07, 6.45) is 4.83. The zero-order valence-corrected chi connectivity index (χ0v) is 17.2. The number of benzene rings is 2. The maximum Gasteiger partial charge on any atom is 0.248 e. The van der Waals surface area contributed by atoms with Crippen LogP contribution in [0.4, 0.5) is 5.69 Å². The Morgan fingerprint density at radius 3 is 2.28 bits per heavy atom. The summed E-state index contributed by atoms with van der Waals surface area (Å²) >= 11 is 0. The number of ether oxygens (including phenoxy) is 2. The number of carbonyl (C=O) groups is 1. The highest BCUT2D eigenvalue weighted by molar-refractivity contribution is 7.89. The SMILES string of the molecule is COc1ccc(C=CC(=O)Nc2ccc(S(=O)(=O)N3CCCC3)cc2)cc1OC. The van der Waals surface area contributed by atoms with Crippen LogP contribution in [0.5, 0.6) is 11.5 Å². The van der Waals surface area contributed by atoms with Crippen molar-refractivity contribution in [1.29, 1.82) is 0 Å². The second-order valence-electron chi connectivity index (χ2n) is 6.57. The molecule has 1 aliphatic heterocycles. The van der Waals surface area contributed by atoms with Gasteiger partial charge in [0, 0.05) is 24.9 Å². The zero-order chi connectivity index (χ0) is 20.9. The predicted molar refractivity (Wildman–Crippen MR) is 112 cm³/mol. The predicted octanol–water partition coefficient (Wildman–Crippen LogP) is 3.14. The monoisotopic (exact) mass is 416 g/mol. The van der Waals surface area contributed by atoms with Crippen LogP contribution in [0.2, 0.25) is 0 Å². The van der Waals surface area contributed by atoms with Crippen LogP contribution < -0.4 is 14.8 Å². The van der Waals surface area contributed by atoms with E-state index in [9.17, 15) is 13.2 Å². The smallest absolute Gasteiger partial charge is 0.248 e. The molecule has 2 aromatic carbocycles. The molecule has 154 valence electrons. The van der Waals surface area contributed by atoms with Gasteiger partial charge in [-0.05, 0) is 60.9 Å². The van der Waals surface area contributed by atoms with E-state index in [-0.39, 0.29) is 10.8 Å². The van der Waals surface area contributed by atoms with Crippen LogP contribution in [0.15, 0.2) is 53.4 Å². The van der Waals surface area contributed by atoms with Crippen molar-refractivity contribution in [2.45, 2.75) is 17.7 Å². The first kappa shape index (κ1) is 20.9. The summed E-state index contributed by atoms with van der Waals surface area (Å²) in [6, 6.07) is 11.5. The van der Waals surface area contributed by atoms with Gasteiger partial charge < -0.3 is 14.8 Å². The summed E-state index contributed by atoms with van der Waals surface area (Å²) in [6.45, 7) is 1.11. The minimum absolute atomic E-state index is 0.235. The normalized spacial score (nSPS) is 14.8. The highest BCUT2D eigenvalue weighted by Crippen LogP contribution is 2.28. The Morgan fingerprint density at radius 1 is 1.00 bits per heavy atom. The number of hydrogen-bond donors (Lipinski definition) is 1. The fourth-order valence-electron chi connectivity index (χ4n) is 3.10. The second-order valence-corrected chi connectivity index (χ2v) is 8.51. The van der Waals surface area contributed by atoms with Gasteiger partial charge in [-0.3, -0.25) is 4.79 Å². The lowest BCUT2D eigenvalue weighted by Gasteiger charge is -2.15. The van der Waals surface area contributed by atoms with Crippen molar-refractivity contribution in [2.75, 3.05) is 32.6 Å². The lowest BCUT2D eigenvalue weighted by Crippen LogP contribution is -2.27. The van der Waals surface area contributed by atoms with Crippen LogP contribution in [0, 0.1) is 0 Å². The number of nitrogens with zero attached hydrogens (tertiary/aromatic N) is 1. The van der Waals surface area contributed by atoms with Crippen molar-refractivity contribution >= 4 is 27.7 Å². The quantitative estimate of drug-likeness (QED) is 0.701. The van der Waals surface area contributed by atoms with Gasteiger partial charge in [0.25, 0.3) is 0 Å². The average molecular weight is 416 g/mol. The van der Waals surface area contributed by atoms with E-state index in [2.05, 4.69) is 5.32 Å². The Labute approximate surface area is 171 Å². The van der Waals surface area contributed by atoms with E-state index < -0.39 is 10.0 Å². The highest BCUT2D eigenvalue weighted by atomic mass is 32.2. The van der Waals surface area contributed by atoms with Crippen LogP contribution in [0.1, 0.15) is 18.4 Å². The van der Waals surface area contributed by atoms with Crippen molar-refractivity contribution in [2.24, 2.45) is 0 Å². The molecule has 1 saturated heterocycles. The molecule has 29 heavy (non-hydrogen) atoms. The molecule has 0 saturated carbocycles. The first-order valence-corrected chi connectivity index (χ1v) is 10.7. The molecule has 0 radical (unpaired) electrons. The average Bonchev–Trinajstić information content (AvgIpc) is 3.28. The standard InChI is InChI=1S/C21H24N2O5S/c1-27-19-11-5-16(15-20(19)28-2)6-12-21(24)22-17-7-9-18(10-8-17)29(25,26)23-13-3-4-14-23/h5-12,15H,3-4,13-14H2,1-2H3,(H,22,24). The summed E-state index contributed by atoms with van der Waals surface area (Å²) in [5, 5.41) is 2.72. The minimum Gasteiger partial charge on any atom is -0.493 e. The molecule has 8 heteroatoms. The molecule has 0 aliphatic carbocycles. The molecule has 3 rings (SSSR count). The Balaban J connectivity index is 1.64. The van der Waals surface area contributed by atoms with Crippen LogP contribution in [0.3, 0.4) is 0 Å². The first-order valence-electron chi connectivity index (χ1n) is 9.25. The first-order chi connectivity index (χ1) is 13.9. The van der Waals surface area contributed by atoms with Crippen LogP contribution in [-0.2, 0) is 14.8 Å². The zero-order valence-electron chi connectivity index (χ0n) is 16.4. The summed E-state index contributed by atoms with van der Waals surface area (Å²) in [5.74, 6) is 0.859. The molecule has 1 fully saturated rings. The number of carbonyl (C=O) groups excluding carboxylic acids is 1. The van der Waals surface area contributed by atoms with Crippen molar-refractivity contribution in [3.05, 3.63) is 54.1 Å². The Hall–Kier alpha value is -2.84. The summed E-state index contributed by atoms with van der Waals surface area (Å²) in [4.78, 5) is 12.4. The summed E-state index contributed by atoms with van der Waals surface area (Å²) in [5.41, 5.74) is 1.30. The molecular formula is C21H24N2O5S. The van der Waals surface area contributed by atoms with Gasteiger partial charge >= 0.3 is 0 Å². The lowest BCUT2D eigenvalue weighted by molar-refractivity contribution is -0.111. The number of rotatable bonds is 7. The molecule has 1 amide bonds. The number of sulfonamides is 1. The van der Waals surface area contributed by atoms with Gasteiger partial charge in [-0.1, -0.05) is 6.07 Å². The third-order valence-corrected chi connectivity index (χ3v) is 6.57. The van der Waals surface area contributed by atoms with Gasteiger partial charge in [0.2, 0.25) is 15.9 Å². The largest absolute Gasteiger partial charge is 0.493 e. The van der Waals surface area contributed by atoms with E-state index in [0.717, 1.165) is 18.4 Å². The van der Waals surface area contributed by atoms with Gasteiger partial charge in [-0.15, -0.1) is 0 Å². The van der Waals surface area contributed by atoms with E-state index in [4.69, 9.17) is 9.47 Å². The van der Waals surface area contributed by atoms with Crippen LogP contribution in [0.25, 0.3) is 6.08 Å². The number of anilines is 1. The van der Waals surface area contributed by atoms with Gasteiger partial charge in [0.15, 0.2) is 11.5 Å². The molecule has 2 aromatic rings. The highest BCUT2D eigenvalue weighted by Gasteiger charge is 2.26. The summed E-state index contributed by atoms with van der Waals surface area (Å²) in [7, 11) is -0.353. The maximum atomic E-state index is 12.5. The van der Waals surface area contributed by atoms with E-state index in [1.54, 1.807) is 44.6 Å². The maximum absolute atomic E-state index is 12.5. The van der Waals surface area contributed by atoms with Crippen molar-refractivity contribution in [3.63, 3.8) is 0 Å². The summed E-state index contributed by atoms with van der Waals surface area (Å²) < 4.78 is 37.0. The number of hydrogen-bond acceptors (Lipinski definition) is 5. The van der Waals surface area contributed by atoms with E-state index in [0.29, 0.717) is 30.3 Å². The van der Waals surface area contributed by atoms with Crippen molar-refractivity contribution in [1.82, 2.24) is 4.31 Å². The third kappa shape index (κ3) is 4.96. The number of nitrogens with one attached hydrogen (secondary N) is 1. The Morgan fingerprint density at radius 2 is 1.66 bits per heavy atom. The second kappa shape index (κ2) is 9.11. The van der Waals surface area contributed by atoms with Crippen LogP contribution >= 0.6 is 0 Å². The third-order valence-electron chi connectivity index (χ3n) is 4.66. The van der Waals surface area contributed by atoms with E-state index >= 15 is 0 Å². The molecule has 1 heterocycles. The van der Waals surface area contributed by atoms with E-state index in [1.807, 2.05) is 6.07 Å². The Kier molecular flexibility index (Phi) is 6.56. The van der Waals surface area contributed by atoms with Crippen LogP contribution in [-0.4, -0.2) is 45.9 Å². The van der Waals surface area contributed by atoms with Crippen molar-refractivity contribution < 1.29 is 22.7 Å². The molecule has 0 unspecified atom stereocenters. The van der Waals surface area contributed by atoms with Gasteiger partial charge in [-0.2, -0.15) is 4.31 Å². The van der Waals surface area contributed by atoms with E-state index in [1.165, 1.54) is 22.5 Å².